The van der Waals surface area contributed by atoms with Gasteiger partial charge in [0.15, 0.2) is 11.5 Å². The number of rotatable bonds is 6. The SMILES string of the molecule is CCN(Cc1ccc2c(c1)OCCO2)C(=O)c1ccc(Cn2cncn2)cc1. The first kappa shape index (κ1) is 18.0. The predicted octanol–water partition coefficient (Wildman–Crippen LogP) is 2.76. The molecule has 0 N–H and O–H groups in total. The lowest BCUT2D eigenvalue weighted by Crippen LogP contribution is -2.30. The van der Waals surface area contributed by atoms with Gasteiger partial charge < -0.3 is 14.4 Å². The number of benzene rings is 2. The summed E-state index contributed by atoms with van der Waals surface area (Å²) < 4.78 is 12.9. The number of ether oxygens (including phenoxy) is 2. The van der Waals surface area contributed by atoms with Gasteiger partial charge in [0, 0.05) is 18.7 Å². The van der Waals surface area contributed by atoms with E-state index >= 15 is 0 Å². The third-order valence-corrected chi connectivity index (χ3v) is 4.66. The van der Waals surface area contributed by atoms with Gasteiger partial charge >= 0.3 is 0 Å². The summed E-state index contributed by atoms with van der Waals surface area (Å²) in [6, 6.07) is 13.5. The lowest BCUT2D eigenvalue weighted by atomic mass is 10.1. The van der Waals surface area contributed by atoms with Crippen molar-refractivity contribution < 1.29 is 14.3 Å². The Morgan fingerprint density at radius 3 is 2.54 bits per heavy atom. The highest BCUT2D eigenvalue weighted by Crippen LogP contribution is 2.31. The summed E-state index contributed by atoms with van der Waals surface area (Å²) in [7, 11) is 0. The first-order chi connectivity index (χ1) is 13.7. The van der Waals surface area contributed by atoms with Crippen LogP contribution in [0.25, 0.3) is 0 Å². The van der Waals surface area contributed by atoms with Crippen LogP contribution >= 0.6 is 0 Å². The fourth-order valence-electron chi connectivity index (χ4n) is 3.17. The van der Waals surface area contributed by atoms with Gasteiger partial charge in [-0.2, -0.15) is 5.10 Å². The van der Waals surface area contributed by atoms with Crippen molar-refractivity contribution in [3.05, 3.63) is 71.8 Å². The number of nitrogens with zero attached hydrogens (tertiary/aromatic N) is 4. The molecule has 0 saturated carbocycles. The van der Waals surface area contributed by atoms with Crippen LogP contribution in [0.15, 0.2) is 55.1 Å². The third-order valence-electron chi connectivity index (χ3n) is 4.66. The maximum atomic E-state index is 12.9. The summed E-state index contributed by atoms with van der Waals surface area (Å²) >= 11 is 0. The molecule has 28 heavy (non-hydrogen) atoms. The molecule has 2 aromatic carbocycles. The highest BCUT2D eigenvalue weighted by molar-refractivity contribution is 5.94. The van der Waals surface area contributed by atoms with Crippen LogP contribution in [0.1, 0.15) is 28.4 Å². The standard InChI is InChI=1S/C21H22N4O3/c1-2-24(12-17-5-8-19-20(11-17)28-10-9-27-19)21(26)18-6-3-16(4-7-18)13-25-15-22-14-23-25/h3-8,11,14-15H,2,9-10,12-13H2,1H3. The fraction of sp³-hybridized carbons (Fsp3) is 0.286. The van der Waals surface area contributed by atoms with Gasteiger partial charge in [0.05, 0.1) is 6.54 Å². The van der Waals surface area contributed by atoms with Crippen LogP contribution in [0.4, 0.5) is 0 Å². The molecule has 0 bridgehead atoms. The van der Waals surface area contributed by atoms with E-state index < -0.39 is 0 Å². The summed E-state index contributed by atoms with van der Waals surface area (Å²) in [5.41, 5.74) is 2.75. The van der Waals surface area contributed by atoms with Crippen molar-refractivity contribution in [1.29, 1.82) is 0 Å². The Morgan fingerprint density at radius 1 is 1.07 bits per heavy atom. The molecule has 144 valence electrons. The van der Waals surface area contributed by atoms with Crippen molar-refractivity contribution in [2.75, 3.05) is 19.8 Å². The highest BCUT2D eigenvalue weighted by Gasteiger charge is 2.17. The van der Waals surface area contributed by atoms with Crippen molar-refractivity contribution in [1.82, 2.24) is 19.7 Å². The third kappa shape index (κ3) is 3.98. The molecular weight excluding hydrogens is 356 g/mol. The average molecular weight is 378 g/mol. The molecule has 3 aromatic rings. The highest BCUT2D eigenvalue weighted by atomic mass is 16.6. The van der Waals surface area contributed by atoms with E-state index in [2.05, 4.69) is 10.1 Å². The van der Waals surface area contributed by atoms with Crippen LogP contribution < -0.4 is 9.47 Å². The molecule has 0 saturated heterocycles. The molecule has 0 spiro atoms. The minimum absolute atomic E-state index is 0.00435. The summed E-state index contributed by atoms with van der Waals surface area (Å²) in [4.78, 5) is 18.7. The van der Waals surface area contributed by atoms with Crippen molar-refractivity contribution in [2.45, 2.75) is 20.0 Å². The molecule has 7 heteroatoms. The number of carbonyl (C=O) groups is 1. The Morgan fingerprint density at radius 2 is 1.82 bits per heavy atom. The number of amides is 1. The van der Waals surface area contributed by atoms with E-state index in [0.717, 1.165) is 22.6 Å². The Labute approximate surface area is 163 Å². The molecule has 1 amide bonds. The smallest absolute Gasteiger partial charge is 0.254 e. The number of hydrogen-bond donors (Lipinski definition) is 0. The number of aromatic nitrogens is 3. The van der Waals surface area contributed by atoms with E-state index in [1.54, 1.807) is 11.0 Å². The molecule has 4 rings (SSSR count). The van der Waals surface area contributed by atoms with E-state index in [4.69, 9.17) is 9.47 Å². The molecule has 0 atom stereocenters. The first-order valence-electron chi connectivity index (χ1n) is 9.32. The second kappa shape index (κ2) is 8.12. The van der Waals surface area contributed by atoms with Crippen LogP contribution in [0.3, 0.4) is 0 Å². The van der Waals surface area contributed by atoms with Crippen LogP contribution in [-0.2, 0) is 13.1 Å². The molecule has 0 radical (unpaired) electrons. The predicted molar refractivity (Wildman–Crippen MR) is 103 cm³/mol. The molecule has 0 unspecified atom stereocenters. The minimum Gasteiger partial charge on any atom is -0.486 e. The van der Waals surface area contributed by atoms with E-state index in [9.17, 15) is 4.79 Å². The summed E-state index contributed by atoms with van der Waals surface area (Å²) in [5.74, 6) is 1.50. The van der Waals surface area contributed by atoms with Crippen molar-refractivity contribution in [2.24, 2.45) is 0 Å². The first-order valence-corrected chi connectivity index (χ1v) is 9.32. The minimum atomic E-state index is 0.00435. The number of hydrogen-bond acceptors (Lipinski definition) is 5. The zero-order chi connectivity index (χ0) is 19.3. The summed E-state index contributed by atoms with van der Waals surface area (Å²) in [5, 5.41) is 4.10. The van der Waals surface area contributed by atoms with Crippen LogP contribution in [0.5, 0.6) is 11.5 Å². The fourth-order valence-corrected chi connectivity index (χ4v) is 3.17. The Hall–Kier alpha value is -3.35. The zero-order valence-electron chi connectivity index (χ0n) is 15.7. The molecular formula is C21H22N4O3. The average Bonchev–Trinajstić information content (AvgIpc) is 3.25. The zero-order valence-corrected chi connectivity index (χ0v) is 15.7. The van der Waals surface area contributed by atoms with Gasteiger partial charge in [0.2, 0.25) is 0 Å². The monoisotopic (exact) mass is 378 g/mol. The molecule has 0 fully saturated rings. The maximum Gasteiger partial charge on any atom is 0.254 e. The molecule has 2 heterocycles. The summed E-state index contributed by atoms with van der Waals surface area (Å²) in [6.07, 6.45) is 3.18. The molecule has 1 aliphatic rings. The van der Waals surface area contributed by atoms with Gasteiger partial charge in [-0.25, -0.2) is 9.67 Å². The van der Waals surface area contributed by atoms with Gasteiger partial charge in [-0.3, -0.25) is 4.79 Å². The van der Waals surface area contributed by atoms with E-state index in [1.165, 1.54) is 6.33 Å². The van der Waals surface area contributed by atoms with Crippen molar-refractivity contribution in [3.8, 4) is 11.5 Å². The van der Waals surface area contributed by atoms with Crippen LogP contribution in [0, 0.1) is 0 Å². The number of fused-ring (bicyclic) bond motifs is 1. The molecule has 1 aromatic heterocycles. The van der Waals surface area contributed by atoms with Gasteiger partial charge in [-0.1, -0.05) is 18.2 Å². The largest absolute Gasteiger partial charge is 0.486 e. The molecule has 7 nitrogen and oxygen atoms in total. The Balaban J connectivity index is 1.44. The Kier molecular flexibility index (Phi) is 5.23. The van der Waals surface area contributed by atoms with Gasteiger partial charge in [0.25, 0.3) is 5.91 Å². The van der Waals surface area contributed by atoms with Gasteiger partial charge in [0.1, 0.15) is 25.9 Å². The van der Waals surface area contributed by atoms with Crippen LogP contribution in [0.2, 0.25) is 0 Å². The van der Waals surface area contributed by atoms with Crippen LogP contribution in [-0.4, -0.2) is 45.3 Å². The maximum absolute atomic E-state index is 12.9. The normalized spacial score (nSPS) is 12.6. The Bertz CT molecular complexity index is 939. The second-order valence-electron chi connectivity index (χ2n) is 6.59. The van der Waals surface area contributed by atoms with Gasteiger partial charge in [-0.15, -0.1) is 0 Å². The quantitative estimate of drug-likeness (QED) is 0.660. The lowest BCUT2D eigenvalue weighted by Gasteiger charge is -2.23. The number of carbonyl (C=O) groups excluding carboxylic acids is 1. The second-order valence-corrected chi connectivity index (χ2v) is 6.59. The topological polar surface area (TPSA) is 69.5 Å². The van der Waals surface area contributed by atoms with E-state index in [0.29, 0.717) is 38.4 Å². The lowest BCUT2D eigenvalue weighted by molar-refractivity contribution is 0.0752. The molecule has 1 aliphatic heterocycles. The van der Waals surface area contributed by atoms with Crippen molar-refractivity contribution >= 4 is 5.91 Å². The summed E-state index contributed by atoms with van der Waals surface area (Å²) in [6.45, 7) is 4.87. The van der Waals surface area contributed by atoms with E-state index in [1.807, 2.05) is 54.3 Å². The van der Waals surface area contributed by atoms with Gasteiger partial charge in [-0.05, 0) is 42.3 Å². The molecule has 0 aliphatic carbocycles. The van der Waals surface area contributed by atoms with E-state index in [-0.39, 0.29) is 5.91 Å². The van der Waals surface area contributed by atoms with Crippen molar-refractivity contribution in [3.63, 3.8) is 0 Å².